The molecule has 2 aliphatic heterocycles. The molecule has 2 aliphatic rings. The summed E-state index contributed by atoms with van der Waals surface area (Å²) < 4.78 is 5.80. The van der Waals surface area contributed by atoms with Crippen molar-refractivity contribution < 1.29 is 9.53 Å². The fourth-order valence-electron chi connectivity index (χ4n) is 2.88. The summed E-state index contributed by atoms with van der Waals surface area (Å²) in [6.07, 6.45) is 2.68. The number of nitrogens with zero attached hydrogens (tertiary/aromatic N) is 1. The topological polar surface area (TPSA) is 55.6 Å². The highest BCUT2D eigenvalue weighted by molar-refractivity contribution is 7.99. The van der Waals surface area contributed by atoms with Crippen molar-refractivity contribution in [3.8, 4) is 0 Å². The normalized spacial score (nSPS) is 21.9. The lowest BCUT2D eigenvalue weighted by atomic mass is 9.91. The predicted molar refractivity (Wildman–Crippen MR) is 82.1 cm³/mol. The Hall–Kier alpha value is -1.20. The number of anilines is 1. The quantitative estimate of drug-likeness (QED) is 0.910. The van der Waals surface area contributed by atoms with E-state index in [4.69, 9.17) is 10.5 Å². The van der Waals surface area contributed by atoms with Crippen LogP contribution >= 0.6 is 11.8 Å². The highest BCUT2D eigenvalue weighted by atomic mass is 32.2. The standard InChI is InChI=1S/C15H20N2O2S/c16-11-12-2-1-3-13(10-12)17-7-4-15(19-14(17)18)5-8-20-9-6-15/h1-3,10H,4-9,11,16H2. The zero-order valence-electron chi connectivity index (χ0n) is 11.5. The van der Waals surface area contributed by atoms with E-state index in [1.54, 1.807) is 4.90 Å². The summed E-state index contributed by atoms with van der Waals surface area (Å²) in [7, 11) is 0. The Kier molecular flexibility index (Phi) is 3.89. The van der Waals surface area contributed by atoms with Crippen LogP contribution in [0.2, 0.25) is 0 Å². The van der Waals surface area contributed by atoms with Crippen LogP contribution in [-0.4, -0.2) is 29.7 Å². The van der Waals surface area contributed by atoms with Gasteiger partial charge in [-0.25, -0.2) is 4.79 Å². The fraction of sp³-hybridized carbons (Fsp3) is 0.533. The van der Waals surface area contributed by atoms with Gasteiger partial charge in [0.15, 0.2) is 0 Å². The van der Waals surface area contributed by atoms with Gasteiger partial charge in [-0.1, -0.05) is 12.1 Å². The van der Waals surface area contributed by atoms with E-state index >= 15 is 0 Å². The number of benzene rings is 1. The second-order valence-corrected chi connectivity index (χ2v) is 6.66. The van der Waals surface area contributed by atoms with E-state index in [1.807, 2.05) is 36.0 Å². The summed E-state index contributed by atoms with van der Waals surface area (Å²) in [5, 5.41) is 0. The average molecular weight is 292 g/mol. The van der Waals surface area contributed by atoms with Crippen molar-refractivity contribution in [1.82, 2.24) is 0 Å². The summed E-state index contributed by atoms with van der Waals surface area (Å²) in [5.74, 6) is 2.19. The Morgan fingerprint density at radius 3 is 2.80 bits per heavy atom. The minimum atomic E-state index is -0.211. The molecule has 108 valence electrons. The van der Waals surface area contributed by atoms with E-state index in [0.29, 0.717) is 6.54 Å². The Morgan fingerprint density at radius 1 is 1.30 bits per heavy atom. The maximum atomic E-state index is 12.3. The Bertz CT molecular complexity index is 500. The second-order valence-electron chi connectivity index (χ2n) is 5.44. The van der Waals surface area contributed by atoms with Crippen LogP contribution in [0.25, 0.3) is 0 Å². The van der Waals surface area contributed by atoms with Gasteiger partial charge in [-0.3, -0.25) is 4.90 Å². The molecule has 4 nitrogen and oxygen atoms in total. The smallest absolute Gasteiger partial charge is 0.414 e. The van der Waals surface area contributed by atoms with Crippen molar-refractivity contribution in [2.75, 3.05) is 23.0 Å². The molecule has 0 radical (unpaired) electrons. The average Bonchev–Trinajstić information content (AvgIpc) is 2.48. The second kappa shape index (κ2) is 5.66. The number of hydrogen-bond acceptors (Lipinski definition) is 4. The van der Waals surface area contributed by atoms with Crippen LogP contribution in [0.5, 0.6) is 0 Å². The van der Waals surface area contributed by atoms with E-state index in [0.717, 1.165) is 48.6 Å². The van der Waals surface area contributed by atoms with Gasteiger partial charge >= 0.3 is 6.09 Å². The third kappa shape index (κ3) is 2.65. The lowest BCUT2D eigenvalue weighted by Gasteiger charge is -2.43. The first-order chi connectivity index (χ1) is 9.72. The van der Waals surface area contributed by atoms with Gasteiger partial charge in [0.05, 0.1) is 0 Å². The minimum absolute atomic E-state index is 0.204. The largest absolute Gasteiger partial charge is 0.442 e. The van der Waals surface area contributed by atoms with Crippen molar-refractivity contribution in [2.45, 2.75) is 31.4 Å². The van der Waals surface area contributed by atoms with Crippen LogP contribution < -0.4 is 10.6 Å². The molecule has 1 amide bonds. The predicted octanol–water partition coefficient (Wildman–Crippen LogP) is 2.76. The molecule has 0 aliphatic carbocycles. The molecular weight excluding hydrogens is 272 g/mol. The maximum absolute atomic E-state index is 12.3. The van der Waals surface area contributed by atoms with Gasteiger partial charge in [-0.2, -0.15) is 11.8 Å². The van der Waals surface area contributed by atoms with E-state index in [-0.39, 0.29) is 11.7 Å². The molecule has 1 aromatic carbocycles. The first-order valence-corrected chi connectivity index (χ1v) is 8.25. The molecule has 0 aromatic heterocycles. The van der Waals surface area contributed by atoms with Crippen LogP contribution in [0.15, 0.2) is 24.3 Å². The van der Waals surface area contributed by atoms with Crippen molar-refractivity contribution in [1.29, 1.82) is 0 Å². The van der Waals surface area contributed by atoms with Crippen molar-refractivity contribution >= 4 is 23.5 Å². The summed E-state index contributed by atoms with van der Waals surface area (Å²) >= 11 is 1.95. The lowest BCUT2D eigenvalue weighted by molar-refractivity contribution is -0.0108. The summed E-state index contributed by atoms with van der Waals surface area (Å²) in [5.41, 5.74) is 7.37. The van der Waals surface area contributed by atoms with Gasteiger partial charge in [0, 0.05) is 25.2 Å². The molecule has 2 N–H and O–H groups in total. The number of hydrogen-bond donors (Lipinski definition) is 1. The SMILES string of the molecule is NCc1cccc(N2CCC3(CCSCC3)OC2=O)c1. The molecule has 20 heavy (non-hydrogen) atoms. The van der Waals surface area contributed by atoms with Crippen molar-refractivity contribution in [2.24, 2.45) is 5.73 Å². The first-order valence-electron chi connectivity index (χ1n) is 7.10. The Balaban J connectivity index is 1.75. The Morgan fingerprint density at radius 2 is 2.10 bits per heavy atom. The van der Waals surface area contributed by atoms with Crippen LogP contribution in [0.1, 0.15) is 24.8 Å². The van der Waals surface area contributed by atoms with Gasteiger partial charge in [0.1, 0.15) is 5.60 Å². The Labute approximate surface area is 123 Å². The van der Waals surface area contributed by atoms with Gasteiger partial charge in [-0.15, -0.1) is 0 Å². The summed E-state index contributed by atoms with van der Waals surface area (Å²) in [6.45, 7) is 1.22. The molecule has 0 saturated carbocycles. The number of carbonyl (C=O) groups excluding carboxylic acids is 1. The van der Waals surface area contributed by atoms with Crippen LogP contribution in [0.4, 0.5) is 10.5 Å². The first kappa shape index (κ1) is 13.8. The van der Waals surface area contributed by atoms with Gasteiger partial charge in [0.25, 0.3) is 0 Å². The van der Waals surface area contributed by atoms with Crippen LogP contribution in [0, 0.1) is 0 Å². The number of rotatable bonds is 2. The molecule has 0 bridgehead atoms. The summed E-state index contributed by atoms with van der Waals surface area (Å²) in [6, 6.07) is 7.82. The highest BCUT2D eigenvalue weighted by Gasteiger charge is 2.41. The number of thioether (sulfide) groups is 1. The molecule has 2 saturated heterocycles. The van der Waals surface area contributed by atoms with Gasteiger partial charge in [-0.05, 0) is 42.0 Å². The van der Waals surface area contributed by atoms with Gasteiger partial charge < -0.3 is 10.5 Å². The highest BCUT2D eigenvalue weighted by Crippen LogP contribution is 2.37. The lowest BCUT2D eigenvalue weighted by Crippen LogP contribution is -2.51. The van der Waals surface area contributed by atoms with Crippen LogP contribution in [0.3, 0.4) is 0 Å². The molecule has 0 unspecified atom stereocenters. The monoisotopic (exact) mass is 292 g/mol. The van der Waals surface area contributed by atoms with Crippen LogP contribution in [-0.2, 0) is 11.3 Å². The molecule has 2 heterocycles. The third-order valence-electron chi connectivity index (χ3n) is 4.18. The van der Waals surface area contributed by atoms with E-state index in [1.165, 1.54) is 0 Å². The third-order valence-corrected chi connectivity index (χ3v) is 5.16. The number of nitrogens with two attached hydrogens (primary N) is 1. The number of amides is 1. The van der Waals surface area contributed by atoms with Gasteiger partial charge in [0.2, 0.25) is 0 Å². The zero-order chi connectivity index (χ0) is 14.0. The van der Waals surface area contributed by atoms with E-state index in [9.17, 15) is 4.79 Å². The maximum Gasteiger partial charge on any atom is 0.414 e. The fourth-order valence-corrected chi connectivity index (χ4v) is 4.12. The molecule has 3 rings (SSSR count). The molecule has 0 atom stereocenters. The summed E-state index contributed by atoms with van der Waals surface area (Å²) in [4.78, 5) is 14.1. The van der Waals surface area contributed by atoms with E-state index < -0.39 is 0 Å². The minimum Gasteiger partial charge on any atom is -0.442 e. The number of ether oxygens (including phenoxy) is 1. The molecule has 1 aromatic rings. The molecule has 1 spiro atoms. The zero-order valence-corrected chi connectivity index (χ0v) is 12.3. The molecular formula is C15H20N2O2S. The molecule has 5 heteroatoms. The van der Waals surface area contributed by atoms with Crippen molar-refractivity contribution in [3.05, 3.63) is 29.8 Å². The van der Waals surface area contributed by atoms with E-state index in [2.05, 4.69) is 0 Å². The molecule has 2 fully saturated rings. The number of carbonyl (C=O) groups is 1. The van der Waals surface area contributed by atoms with Crippen molar-refractivity contribution in [3.63, 3.8) is 0 Å².